The van der Waals surface area contributed by atoms with Crippen LogP contribution < -0.4 is 0 Å². The number of nitroso groups, excluding NO2 is 1. The third kappa shape index (κ3) is 2.54. The first-order chi connectivity index (χ1) is 10.2. The Kier molecular flexibility index (Phi) is 3.48. The molecule has 1 aliphatic rings. The Morgan fingerprint density at radius 3 is 2.57 bits per heavy atom. The summed E-state index contributed by atoms with van der Waals surface area (Å²) in [7, 11) is 0. The molecule has 0 radical (unpaired) electrons. The van der Waals surface area contributed by atoms with Gasteiger partial charge in [0.1, 0.15) is 0 Å². The molecule has 2 aromatic carbocycles. The van der Waals surface area contributed by atoms with Crippen LogP contribution in [0, 0.1) is 4.91 Å². The van der Waals surface area contributed by atoms with E-state index in [9.17, 15) is 15.1 Å². The maximum atomic E-state index is 11.1. The normalized spacial score (nSPS) is 17.3. The number of benzene rings is 2. The fraction of sp³-hybridized carbons (Fsp3) is 0.250. The molecular weight excluding hydrogens is 268 g/mol. The van der Waals surface area contributed by atoms with Gasteiger partial charge in [0, 0.05) is 6.54 Å². The van der Waals surface area contributed by atoms with Gasteiger partial charge in [0.05, 0.1) is 11.3 Å². The topological polar surface area (TPSA) is 73.1 Å². The molecule has 0 saturated heterocycles. The summed E-state index contributed by atoms with van der Waals surface area (Å²) in [6.45, 7) is 0.512. The number of rotatable bonds is 3. The predicted molar refractivity (Wildman–Crippen MR) is 78.9 cm³/mol. The average Bonchev–Trinajstić information content (AvgIpc) is 2.50. The minimum atomic E-state index is -0.222. The van der Waals surface area contributed by atoms with E-state index in [1.54, 1.807) is 6.07 Å². The lowest BCUT2D eigenvalue weighted by Crippen LogP contribution is -2.32. The Bertz CT molecular complexity index is 658. The van der Waals surface area contributed by atoms with Gasteiger partial charge in [-0.05, 0) is 41.7 Å². The lowest BCUT2D eigenvalue weighted by Gasteiger charge is -2.33. The van der Waals surface area contributed by atoms with Gasteiger partial charge in [-0.1, -0.05) is 30.3 Å². The number of hydrogen-bond donors (Lipinski definition) is 2. The van der Waals surface area contributed by atoms with Crippen molar-refractivity contribution >= 4 is 0 Å². The van der Waals surface area contributed by atoms with Crippen molar-refractivity contribution in [2.45, 2.75) is 18.9 Å². The highest BCUT2D eigenvalue weighted by Gasteiger charge is 2.29. The zero-order chi connectivity index (χ0) is 14.8. The maximum absolute atomic E-state index is 11.1. The summed E-state index contributed by atoms with van der Waals surface area (Å²) in [5, 5.41) is 24.0. The van der Waals surface area contributed by atoms with E-state index in [0.29, 0.717) is 19.4 Å². The zero-order valence-electron chi connectivity index (χ0n) is 11.4. The molecule has 21 heavy (non-hydrogen) atoms. The van der Waals surface area contributed by atoms with Gasteiger partial charge in [-0.25, -0.2) is 0 Å². The molecule has 0 fully saturated rings. The van der Waals surface area contributed by atoms with E-state index in [1.165, 1.54) is 11.1 Å². The first-order valence-electron chi connectivity index (χ1n) is 6.87. The second-order valence-corrected chi connectivity index (χ2v) is 5.24. The standard InChI is InChI=1S/C16H16N2O3/c19-15-9-12-6-7-18(17-21)14(13(12)10-16(15)20)8-11-4-2-1-3-5-11/h1-5,9-10,14,19-20H,6-8H2. The van der Waals surface area contributed by atoms with Crippen molar-refractivity contribution in [1.82, 2.24) is 5.01 Å². The first kappa shape index (κ1) is 13.4. The summed E-state index contributed by atoms with van der Waals surface area (Å²) in [5.74, 6) is -0.292. The molecule has 1 heterocycles. The maximum Gasteiger partial charge on any atom is 0.157 e. The molecule has 2 aromatic rings. The SMILES string of the molecule is O=NN1CCc2cc(O)c(O)cc2C1Cc1ccccc1. The van der Waals surface area contributed by atoms with Crippen LogP contribution >= 0.6 is 0 Å². The van der Waals surface area contributed by atoms with Crippen molar-refractivity contribution in [3.05, 3.63) is 64.1 Å². The van der Waals surface area contributed by atoms with Gasteiger partial charge in [-0.3, -0.25) is 5.01 Å². The lowest BCUT2D eigenvalue weighted by atomic mass is 9.89. The van der Waals surface area contributed by atoms with Crippen LogP contribution in [0.3, 0.4) is 0 Å². The molecule has 1 aliphatic heterocycles. The molecule has 0 aliphatic carbocycles. The van der Waals surface area contributed by atoms with E-state index in [4.69, 9.17) is 0 Å². The minimum Gasteiger partial charge on any atom is -0.504 e. The number of aromatic hydroxyl groups is 2. The third-order valence-corrected chi connectivity index (χ3v) is 3.94. The van der Waals surface area contributed by atoms with Crippen molar-refractivity contribution in [3.8, 4) is 11.5 Å². The van der Waals surface area contributed by atoms with Gasteiger partial charge >= 0.3 is 0 Å². The highest BCUT2D eigenvalue weighted by molar-refractivity contribution is 5.48. The van der Waals surface area contributed by atoms with Crippen LogP contribution in [-0.2, 0) is 12.8 Å². The number of hydrogen-bond acceptors (Lipinski definition) is 4. The van der Waals surface area contributed by atoms with Gasteiger partial charge in [0.15, 0.2) is 11.5 Å². The predicted octanol–water partition coefficient (Wildman–Crippen LogP) is 2.92. The van der Waals surface area contributed by atoms with Crippen LogP contribution in [0.15, 0.2) is 47.8 Å². The Morgan fingerprint density at radius 2 is 1.86 bits per heavy atom. The van der Waals surface area contributed by atoms with Gasteiger partial charge in [0.2, 0.25) is 0 Å². The van der Waals surface area contributed by atoms with Gasteiger partial charge in [0.25, 0.3) is 0 Å². The van der Waals surface area contributed by atoms with Crippen LogP contribution in [0.5, 0.6) is 11.5 Å². The molecular formula is C16H16N2O3. The van der Waals surface area contributed by atoms with E-state index in [0.717, 1.165) is 16.7 Å². The molecule has 2 N–H and O–H groups in total. The Balaban J connectivity index is 2.00. The van der Waals surface area contributed by atoms with Crippen LogP contribution in [0.4, 0.5) is 0 Å². The smallest absolute Gasteiger partial charge is 0.157 e. The van der Waals surface area contributed by atoms with Crippen molar-refractivity contribution in [2.24, 2.45) is 5.29 Å². The van der Waals surface area contributed by atoms with E-state index in [2.05, 4.69) is 5.29 Å². The molecule has 108 valence electrons. The first-order valence-corrected chi connectivity index (χ1v) is 6.87. The summed E-state index contributed by atoms with van der Waals surface area (Å²) in [4.78, 5) is 11.1. The molecule has 0 saturated carbocycles. The largest absolute Gasteiger partial charge is 0.504 e. The molecule has 0 amide bonds. The molecule has 1 atom stereocenters. The summed E-state index contributed by atoms with van der Waals surface area (Å²) >= 11 is 0. The number of nitrogens with zero attached hydrogens (tertiary/aromatic N) is 2. The summed E-state index contributed by atoms with van der Waals surface area (Å²) in [5.41, 5.74) is 2.89. The van der Waals surface area contributed by atoms with Crippen molar-refractivity contribution in [2.75, 3.05) is 6.54 Å². The fourth-order valence-electron chi connectivity index (χ4n) is 2.86. The monoisotopic (exact) mass is 284 g/mol. The number of fused-ring (bicyclic) bond motifs is 1. The van der Waals surface area contributed by atoms with Crippen LogP contribution in [0.1, 0.15) is 22.7 Å². The van der Waals surface area contributed by atoms with Gasteiger partial charge in [-0.2, -0.15) is 0 Å². The Morgan fingerprint density at radius 1 is 1.14 bits per heavy atom. The highest BCUT2D eigenvalue weighted by atomic mass is 16.3. The molecule has 5 heteroatoms. The quantitative estimate of drug-likeness (QED) is 0.671. The number of phenols is 2. The van der Waals surface area contributed by atoms with Gasteiger partial charge < -0.3 is 10.2 Å². The minimum absolute atomic E-state index is 0.125. The van der Waals surface area contributed by atoms with Crippen LogP contribution in [0.2, 0.25) is 0 Å². The van der Waals surface area contributed by atoms with Crippen molar-refractivity contribution in [1.29, 1.82) is 0 Å². The summed E-state index contributed by atoms with van der Waals surface area (Å²) < 4.78 is 0. The Labute approximate surface area is 122 Å². The second-order valence-electron chi connectivity index (χ2n) is 5.24. The van der Waals surface area contributed by atoms with E-state index < -0.39 is 0 Å². The molecule has 5 nitrogen and oxygen atoms in total. The molecule has 0 spiro atoms. The van der Waals surface area contributed by atoms with E-state index in [1.807, 2.05) is 30.3 Å². The van der Waals surface area contributed by atoms with Gasteiger partial charge in [-0.15, -0.1) is 4.91 Å². The van der Waals surface area contributed by atoms with Crippen LogP contribution in [-0.4, -0.2) is 21.8 Å². The summed E-state index contributed by atoms with van der Waals surface area (Å²) in [6, 6.07) is 12.7. The second kappa shape index (κ2) is 5.44. The summed E-state index contributed by atoms with van der Waals surface area (Å²) in [6.07, 6.45) is 1.25. The molecule has 3 rings (SSSR count). The fourth-order valence-corrected chi connectivity index (χ4v) is 2.86. The lowest BCUT2D eigenvalue weighted by molar-refractivity contribution is 0.188. The van der Waals surface area contributed by atoms with Crippen molar-refractivity contribution in [3.63, 3.8) is 0 Å². The third-order valence-electron chi connectivity index (χ3n) is 3.94. The van der Waals surface area contributed by atoms with Crippen molar-refractivity contribution < 1.29 is 10.2 Å². The Hall–Kier alpha value is -2.56. The molecule has 1 unspecified atom stereocenters. The van der Waals surface area contributed by atoms with E-state index >= 15 is 0 Å². The van der Waals surface area contributed by atoms with Crippen LogP contribution in [0.25, 0.3) is 0 Å². The molecule has 0 bridgehead atoms. The number of phenolic OH excluding ortho intramolecular Hbond substituents is 2. The molecule has 0 aromatic heterocycles. The zero-order valence-corrected chi connectivity index (χ0v) is 11.4. The average molecular weight is 284 g/mol. The highest BCUT2D eigenvalue weighted by Crippen LogP contribution is 2.38. The van der Waals surface area contributed by atoms with E-state index in [-0.39, 0.29) is 17.5 Å².